The van der Waals surface area contributed by atoms with Gasteiger partial charge in [-0.3, -0.25) is 4.79 Å². The Hall–Kier alpha value is -1.22. The van der Waals surface area contributed by atoms with Crippen LogP contribution in [0.5, 0.6) is 0 Å². The Morgan fingerprint density at radius 3 is 2.80 bits per heavy atom. The van der Waals surface area contributed by atoms with Crippen LogP contribution in [-0.2, 0) is 0 Å². The van der Waals surface area contributed by atoms with E-state index in [2.05, 4.69) is 0 Å². The number of hydrogen-bond acceptors (Lipinski definition) is 2. The van der Waals surface area contributed by atoms with E-state index < -0.39 is 0 Å². The average molecular weight is 225 g/mol. The maximum Gasteiger partial charge on any atom is 0.255 e. The Morgan fingerprint density at radius 2 is 2.20 bits per heavy atom. The van der Waals surface area contributed by atoms with E-state index >= 15 is 0 Å². The molecule has 0 aromatic heterocycles. The molecule has 1 aliphatic rings. The van der Waals surface area contributed by atoms with Gasteiger partial charge in [0.1, 0.15) is 0 Å². The number of carbonyl (C=O) groups excluding carboxylic acids is 1. The topological polar surface area (TPSA) is 46.3 Å². The minimum atomic E-state index is -0.0465. The molecule has 1 aromatic carbocycles. The standard InChI is InChI=1S/C11H13ClN2O/c1-14(7-5-6-7)11(15)8-3-2-4-9(13)10(8)12/h2-4,7H,5-6,13H2,1H3. The summed E-state index contributed by atoms with van der Waals surface area (Å²) in [6.45, 7) is 0. The third-order valence-corrected chi connectivity index (χ3v) is 3.10. The molecule has 1 amide bonds. The molecule has 1 fully saturated rings. The molecule has 1 aliphatic carbocycles. The van der Waals surface area contributed by atoms with Crippen molar-refractivity contribution >= 4 is 23.2 Å². The molecule has 80 valence electrons. The highest BCUT2D eigenvalue weighted by molar-refractivity contribution is 6.36. The number of carbonyl (C=O) groups is 1. The van der Waals surface area contributed by atoms with Crippen LogP contribution in [0.25, 0.3) is 0 Å². The second kappa shape index (κ2) is 3.74. The Bertz CT molecular complexity index is 402. The number of benzene rings is 1. The first-order valence-corrected chi connectivity index (χ1v) is 5.30. The van der Waals surface area contributed by atoms with Gasteiger partial charge in [-0.1, -0.05) is 17.7 Å². The predicted molar refractivity (Wildman–Crippen MR) is 61.0 cm³/mol. The van der Waals surface area contributed by atoms with Crippen molar-refractivity contribution in [1.29, 1.82) is 0 Å². The lowest BCUT2D eigenvalue weighted by Crippen LogP contribution is -2.29. The minimum absolute atomic E-state index is 0.0465. The molecule has 2 rings (SSSR count). The molecule has 0 bridgehead atoms. The van der Waals surface area contributed by atoms with Gasteiger partial charge in [0, 0.05) is 13.1 Å². The van der Waals surface area contributed by atoms with Crippen LogP contribution in [0, 0.1) is 0 Å². The lowest BCUT2D eigenvalue weighted by molar-refractivity contribution is 0.0785. The summed E-state index contributed by atoms with van der Waals surface area (Å²) >= 11 is 5.98. The number of nitrogens with two attached hydrogens (primary N) is 1. The van der Waals surface area contributed by atoms with Gasteiger partial charge in [-0.2, -0.15) is 0 Å². The van der Waals surface area contributed by atoms with Crippen molar-refractivity contribution in [1.82, 2.24) is 4.90 Å². The van der Waals surface area contributed by atoms with E-state index in [0.29, 0.717) is 22.3 Å². The number of rotatable bonds is 2. The van der Waals surface area contributed by atoms with Crippen LogP contribution in [0.2, 0.25) is 5.02 Å². The number of halogens is 1. The van der Waals surface area contributed by atoms with Crippen molar-refractivity contribution in [2.75, 3.05) is 12.8 Å². The van der Waals surface area contributed by atoms with Gasteiger partial charge in [-0.05, 0) is 25.0 Å². The molecule has 0 radical (unpaired) electrons. The summed E-state index contributed by atoms with van der Waals surface area (Å²) in [6, 6.07) is 5.53. The third kappa shape index (κ3) is 1.92. The molecule has 0 unspecified atom stereocenters. The summed E-state index contributed by atoms with van der Waals surface area (Å²) in [5.41, 5.74) is 6.59. The zero-order valence-corrected chi connectivity index (χ0v) is 9.29. The lowest BCUT2D eigenvalue weighted by atomic mass is 10.2. The summed E-state index contributed by atoms with van der Waals surface area (Å²) in [5, 5.41) is 0.356. The SMILES string of the molecule is CN(C(=O)c1cccc(N)c1Cl)C1CC1. The fourth-order valence-corrected chi connectivity index (χ4v) is 1.74. The van der Waals surface area contributed by atoms with E-state index in [1.54, 1.807) is 30.1 Å². The molecule has 0 atom stereocenters. The monoisotopic (exact) mass is 224 g/mol. The van der Waals surface area contributed by atoms with Crippen LogP contribution >= 0.6 is 11.6 Å². The van der Waals surface area contributed by atoms with E-state index in [4.69, 9.17) is 17.3 Å². The van der Waals surface area contributed by atoms with E-state index in [1.165, 1.54) is 0 Å². The zero-order chi connectivity index (χ0) is 11.0. The molecule has 4 heteroatoms. The van der Waals surface area contributed by atoms with Crippen LogP contribution in [0.1, 0.15) is 23.2 Å². The smallest absolute Gasteiger partial charge is 0.255 e. The highest BCUT2D eigenvalue weighted by atomic mass is 35.5. The van der Waals surface area contributed by atoms with Gasteiger partial charge in [0.05, 0.1) is 16.3 Å². The molecule has 1 aromatic rings. The molecule has 1 saturated carbocycles. The van der Waals surface area contributed by atoms with Crippen LogP contribution in [0.15, 0.2) is 18.2 Å². The summed E-state index contributed by atoms with van der Waals surface area (Å²) < 4.78 is 0. The maximum atomic E-state index is 12.0. The first-order chi connectivity index (χ1) is 7.11. The van der Waals surface area contributed by atoms with Gasteiger partial charge in [-0.25, -0.2) is 0 Å². The molecule has 0 aliphatic heterocycles. The number of hydrogen-bond donors (Lipinski definition) is 1. The van der Waals surface area contributed by atoms with E-state index in [0.717, 1.165) is 12.8 Å². The molecule has 3 nitrogen and oxygen atoms in total. The van der Waals surface area contributed by atoms with Gasteiger partial charge >= 0.3 is 0 Å². The van der Waals surface area contributed by atoms with E-state index in [9.17, 15) is 4.79 Å². The molecule has 15 heavy (non-hydrogen) atoms. The van der Waals surface area contributed by atoms with Crippen LogP contribution in [0.3, 0.4) is 0 Å². The highest BCUT2D eigenvalue weighted by Gasteiger charge is 2.30. The summed E-state index contributed by atoms with van der Waals surface area (Å²) in [5.74, 6) is -0.0465. The molecule has 0 saturated heterocycles. The van der Waals surface area contributed by atoms with Crippen LogP contribution < -0.4 is 5.73 Å². The first-order valence-electron chi connectivity index (χ1n) is 4.92. The largest absolute Gasteiger partial charge is 0.398 e. The molecule has 0 spiro atoms. The Morgan fingerprint density at radius 1 is 1.53 bits per heavy atom. The van der Waals surface area contributed by atoms with Gasteiger partial charge < -0.3 is 10.6 Å². The van der Waals surface area contributed by atoms with Crippen LogP contribution in [0.4, 0.5) is 5.69 Å². The molecular weight excluding hydrogens is 212 g/mol. The Labute approximate surface area is 93.8 Å². The minimum Gasteiger partial charge on any atom is -0.398 e. The number of amides is 1. The quantitative estimate of drug-likeness (QED) is 0.783. The predicted octanol–water partition coefficient (Wildman–Crippen LogP) is 2.16. The molecular formula is C11H13ClN2O. The van der Waals surface area contributed by atoms with Crippen molar-refractivity contribution in [3.63, 3.8) is 0 Å². The van der Waals surface area contributed by atoms with Gasteiger partial charge in [0.2, 0.25) is 0 Å². The molecule has 2 N–H and O–H groups in total. The lowest BCUT2D eigenvalue weighted by Gasteiger charge is -2.17. The first kappa shape index (κ1) is 10.3. The van der Waals surface area contributed by atoms with Gasteiger partial charge in [-0.15, -0.1) is 0 Å². The fourth-order valence-electron chi connectivity index (χ4n) is 1.53. The molecule has 0 heterocycles. The fraction of sp³-hybridized carbons (Fsp3) is 0.364. The number of nitrogens with zero attached hydrogens (tertiary/aromatic N) is 1. The van der Waals surface area contributed by atoms with Crippen molar-refractivity contribution in [2.24, 2.45) is 0 Å². The Kier molecular flexibility index (Phi) is 2.57. The van der Waals surface area contributed by atoms with Crippen molar-refractivity contribution in [3.05, 3.63) is 28.8 Å². The van der Waals surface area contributed by atoms with Gasteiger partial charge in [0.25, 0.3) is 5.91 Å². The van der Waals surface area contributed by atoms with Crippen LogP contribution in [-0.4, -0.2) is 23.9 Å². The van der Waals surface area contributed by atoms with Gasteiger partial charge in [0.15, 0.2) is 0 Å². The van der Waals surface area contributed by atoms with Crippen molar-refractivity contribution in [2.45, 2.75) is 18.9 Å². The second-order valence-corrected chi connectivity index (χ2v) is 4.23. The number of nitrogen functional groups attached to an aromatic ring is 1. The highest BCUT2D eigenvalue weighted by Crippen LogP contribution is 2.29. The summed E-state index contributed by atoms with van der Waals surface area (Å²) in [6.07, 6.45) is 2.17. The summed E-state index contributed by atoms with van der Waals surface area (Å²) in [4.78, 5) is 13.7. The second-order valence-electron chi connectivity index (χ2n) is 3.86. The van der Waals surface area contributed by atoms with E-state index in [1.807, 2.05) is 0 Å². The zero-order valence-electron chi connectivity index (χ0n) is 8.53. The average Bonchev–Trinajstić information content (AvgIpc) is 3.03. The Balaban J connectivity index is 2.28. The number of anilines is 1. The van der Waals surface area contributed by atoms with E-state index in [-0.39, 0.29) is 5.91 Å². The third-order valence-electron chi connectivity index (χ3n) is 2.67. The summed E-state index contributed by atoms with van der Waals surface area (Å²) in [7, 11) is 1.81. The normalized spacial score (nSPS) is 15.1. The maximum absolute atomic E-state index is 12.0. The van der Waals surface area contributed by atoms with Crippen molar-refractivity contribution < 1.29 is 4.79 Å². The van der Waals surface area contributed by atoms with Crippen molar-refractivity contribution in [3.8, 4) is 0 Å².